The van der Waals surface area contributed by atoms with Crippen molar-refractivity contribution in [1.29, 1.82) is 0 Å². The van der Waals surface area contributed by atoms with Gasteiger partial charge in [-0.05, 0) is 62.4 Å². The largest absolute Gasteiger partial charge is 0.497 e. The number of fused-ring (bicyclic) bond motifs is 3. The van der Waals surface area contributed by atoms with Crippen LogP contribution in [0.25, 0.3) is 11.0 Å². The number of imidazole rings is 1. The zero-order valence-electron chi connectivity index (χ0n) is 17.9. The lowest BCUT2D eigenvalue weighted by Crippen LogP contribution is -2.31. The number of allylic oxidation sites excluding steroid dienone is 1. The Hall–Kier alpha value is -3.28. The second kappa shape index (κ2) is 8.10. The van der Waals surface area contributed by atoms with Crippen LogP contribution in [0.1, 0.15) is 50.6 Å². The maximum Gasteiger partial charge on any atom is 0.338 e. The van der Waals surface area contributed by atoms with E-state index in [1.807, 2.05) is 55.5 Å². The number of nitrogens with zero attached hydrogens (tertiary/aromatic N) is 2. The molecule has 2 heterocycles. The summed E-state index contributed by atoms with van der Waals surface area (Å²) in [6, 6.07) is 15.5. The number of anilines is 1. The SMILES string of the molecule is COc1ccc([C@H]2C(C(=O)OC3CCCCC3)=C(C)Nc3nc4ccccc4n32)cc1. The summed E-state index contributed by atoms with van der Waals surface area (Å²) in [7, 11) is 1.65. The number of nitrogens with one attached hydrogen (secondary N) is 1. The highest BCUT2D eigenvalue weighted by Crippen LogP contribution is 2.40. The first-order valence-electron chi connectivity index (χ1n) is 11.0. The van der Waals surface area contributed by atoms with Crippen molar-refractivity contribution < 1.29 is 14.3 Å². The second-order valence-corrected chi connectivity index (χ2v) is 8.30. The molecule has 2 aromatic carbocycles. The zero-order chi connectivity index (χ0) is 21.4. The molecular formula is C25H27N3O3. The molecule has 1 atom stereocenters. The number of carbonyl (C=O) groups is 1. The van der Waals surface area contributed by atoms with E-state index >= 15 is 0 Å². The number of hydrogen-bond acceptors (Lipinski definition) is 5. The lowest BCUT2D eigenvalue weighted by Gasteiger charge is -2.31. The Balaban J connectivity index is 1.61. The van der Waals surface area contributed by atoms with E-state index in [-0.39, 0.29) is 18.1 Å². The molecule has 1 aromatic heterocycles. The van der Waals surface area contributed by atoms with Gasteiger partial charge in [-0.3, -0.25) is 4.57 Å². The van der Waals surface area contributed by atoms with Crippen molar-refractivity contribution in [2.45, 2.75) is 51.2 Å². The number of aromatic nitrogens is 2. The van der Waals surface area contributed by atoms with Crippen LogP contribution in [-0.4, -0.2) is 28.7 Å². The van der Waals surface area contributed by atoms with Crippen molar-refractivity contribution >= 4 is 23.0 Å². The maximum absolute atomic E-state index is 13.5. The summed E-state index contributed by atoms with van der Waals surface area (Å²) in [4.78, 5) is 18.2. The molecule has 160 valence electrons. The van der Waals surface area contributed by atoms with Crippen LogP contribution in [0.4, 0.5) is 5.95 Å². The third-order valence-electron chi connectivity index (χ3n) is 6.31. The van der Waals surface area contributed by atoms with Gasteiger partial charge in [-0.1, -0.05) is 30.7 Å². The molecule has 1 fully saturated rings. The average molecular weight is 418 g/mol. The summed E-state index contributed by atoms with van der Waals surface area (Å²) in [5.74, 6) is 1.26. The minimum atomic E-state index is -0.328. The Bertz CT molecular complexity index is 1140. The second-order valence-electron chi connectivity index (χ2n) is 8.30. The predicted molar refractivity (Wildman–Crippen MR) is 120 cm³/mol. The van der Waals surface area contributed by atoms with Crippen LogP contribution in [-0.2, 0) is 9.53 Å². The minimum Gasteiger partial charge on any atom is -0.497 e. The monoisotopic (exact) mass is 417 g/mol. The minimum absolute atomic E-state index is 0.000930. The highest BCUT2D eigenvalue weighted by molar-refractivity contribution is 5.94. The van der Waals surface area contributed by atoms with Gasteiger partial charge in [0.2, 0.25) is 5.95 Å². The van der Waals surface area contributed by atoms with E-state index in [0.717, 1.165) is 59.7 Å². The fourth-order valence-corrected chi connectivity index (χ4v) is 4.73. The van der Waals surface area contributed by atoms with E-state index in [1.165, 1.54) is 6.42 Å². The molecule has 1 N–H and O–H groups in total. The first-order chi connectivity index (χ1) is 15.2. The summed E-state index contributed by atoms with van der Waals surface area (Å²) in [5, 5.41) is 3.35. The van der Waals surface area contributed by atoms with Gasteiger partial charge < -0.3 is 14.8 Å². The quantitative estimate of drug-likeness (QED) is 0.591. The molecule has 2 aliphatic rings. The average Bonchev–Trinajstić information content (AvgIpc) is 3.16. The molecule has 5 rings (SSSR count). The Morgan fingerprint density at radius 2 is 1.81 bits per heavy atom. The first-order valence-corrected chi connectivity index (χ1v) is 11.0. The van der Waals surface area contributed by atoms with Crippen molar-refractivity contribution in [3.05, 3.63) is 65.4 Å². The summed E-state index contributed by atoms with van der Waals surface area (Å²) < 4.78 is 13.4. The molecule has 3 aromatic rings. The van der Waals surface area contributed by atoms with Crippen LogP contribution >= 0.6 is 0 Å². The molecule has 1 aliphatic carbocycles. The van der Waals surface area contributed by atoms with Gasteiger partial charge in [0.1, 0.15) is 11.9 Å². The van der Waals surface area contributed by atoms with Crippen LogP contribution in [0.15, 0.2) is 59.8 Å². The third-order valence-corrected chi connectivity index (χ3v) is 6.31. The summed E-state index contributed by atoms with van der Waals surface area (Å²) in [5.41, 5.74) is 4.26. The number of hydrogen-bond donors (Lipinski definition) is 1. The molecule has 0 bridgehead atoms. The normalized spacial score (nSPS) is 19.1. The van der Waals surface area contributed by atoms with Crippen LogP contribution in [0.3, 0.4) is 0 Å². The summed E-state index contributed by atoms with van der Waals surface area (Å²) in [6.07, 6.45) is 5.34. The fraction of sp³-hybridized carbons (Fsp3) is 0.360. The molecule has 0 saturated heterocycles. The van der Waals surface area contributed by atoms with E-state index in [4.69, 9.17) is 14.5 Å². The molecule has 1 saturated carbocycles. The van der Waals surface area contributed by atoms with E-state index < -0.39 is 0 Å². The molecule has 0 amide bonds. The zero-order valence-corrected chi connectivity index (χ0v) is 17.9. The number of para-hydroxylation sites is 2. The molecule has 6 heteroatoms. The molecule has 6 nitrogen and oxygen atoms in total. The Kier molecular flexibility index (Phi) is 5.14. The van der Waals surface area contributed by atoms with Crippen LogP contribution < -0.4 is 10.1 Å². The Morgan fingerprint density at radius 3 is 2.55 bits per heavy atom. The highest BCUT2D eigenvalue weighted by atomic mass is 16.5. The van der Waals surface area contributed by atoms with Crippen LogP contribution in [0.2, 0.25) is 0 Å². The van der Waals surface area contributed by atoms with Crippen molar-refractivity contribution in [3.8, 4) is 5.75 Å². The van der Waals surface area contributed by atoms with Crippen LogP contribution in [0.5, 0.6) is 5.75 Å². The third kappa shape index (κ3) is 3.56. The molecule has 0 radical (unpaired) electrons. The van der Waals surface area contributed by atoms with E-state index in [1.54, 1.807) is 7.11 Å². The van der Waals surface area contributed by atoms with Gasteiger partial charge in [0, 0.05) is 5.70 Å². The van der Waals surface area contributed by atoms with Crippen molar-refractivity contribution in [1.82, 2.24) is 9.55 Å². The number of rotatable bonds is 4. The molecule has 0 spiro atoms. The van der Waals surface area contributed by atoms with E-state index in [0.29, 0.717) is 5.57 Å². The Labute approximate surface area is 181 Å². The van der Waals surface area contributed by atoms with Gasteiger partial charge in [-0.2, -0.15) is 0 Å². The van der Waals surface area contributed by atoms with Gasteiger partial charge in [-0.15, -0.1) is 0 Å². The van der Waals surface area contributed by atoms with Gasteiger partial charge in [-0.25, -0.2) is 9.78 Å². The lowest BCUT2D eigenvalue weighted by molar-refractivity contribution is -0.146. The van der Waals surface area contributed by atoms with Crippen LogP contribution in [0, 0.1) is 0 Å². The van der Waals surface area contributed by atoms with E-state index in [9.17, 15) is 4.79 Å². The topological polar surface area (TPSA) is 65.4 Å². The smallest absolute Gasteiger partial charge is 0.338 e. The summed E-state index contributed by atoms with van der Waals surface area (Å²) >= 11 is 0. The van der Waals surface area contributed by atoms with Crippen molar-refractivity contribution in [2.75, 3.05) is 12.4 Å². The Morgan fingerprint density at radius 1 is 1.06 bits per heavy atom. The van der Waals surface area contributed by atoms with Crippen molar-refractivity contribution in [2.24, 2.45) is 0 Å². The number of esters is 1. The molecule has 1 aliphatic heterocycles. The molecular weight excluding hydrogens is 390 g/mol. The van der Waals surface area contributed by atoms with Gasteiger partial charge >= 0.3 is 5.97 Å². The molecule has 31 heavy (non-hydrogen) atoms. The van der Waals surface area contributed by atoms with Gasteiger partial charge in [0.05, 0.1) is 29.8 Å². The van der Waals surface area contributed by atoms with Crippen molar-refractivity contribution in [3.63, 3.8) is 0 Å². The lowest BCUT2D eigenvalue weighted by atomic mass is 9.94. The highest BCUT2D eigenvalue weighted by Gasteiger charge is 2.36. The number of methoxy groups -OCH3 is 1. The van der Waals surface area contributed by atoms with Gasteiger partial charge in [0.25, 0.3) is 0 Å². The van der Waals surface area contributed by atoms with E-state index in [2.05, 4.69) is 9.88 Å². The molecule has 0 unspecified atom stereocenters. The summed E-state index contributed by atoms with van der Waals surface area (Å²) in [6.45, 7) is 1.93. The first kappa shape index (κ1) is 19.7. The standard InChI is InChI=1S/C25H27N3O3/c1-16-22(24(29)31-19-8-4-3-5-9-19)23(17-12-14-18(30-2)15-13-17)28-21-11-7-6-10-20(21)27-25(28)26-16/h6-7,10-15,19,23H,3-5,8-9H2,1-2H3,(H,26,27)/t23-/m0/s1. The maximum atomic E-state index is 13.5. The predicted octanol–water partition coefficient (Wildman–Crippen LogP) is 5.21. The number of carbonyl (C=O) groups excluding carboxylic acids is 1. The number of ether oxygens (including phenoxy) is 2. The fourth-order valence-electron chi connectivity index (χ4n) is 4.73. The van der Waals surface area contributed by atoms with Gasteiger partial charge in [0.15, 0.2) is 0 Å². The number of benzene rings is 2.